The average molecular weight is 908 g/mol. The molecule has 0 aromatic heterocycles. The van der Waals surface area contributed by atoms with Crippen molar-refractivity contribution in [2.45, 2.75) is 219 Å². The number of hydrogen-bond acceptors (Lipinski definition) is 7. The smallest absolute Gasteiger partial charge is 0.306 e. The fourth-order valence-corrected chi connectivity index (χ4v) is 7.26. The number of aliphatic carboxylic acids is 1. The molecule has 0 amide bonds. The van der Waals surface area contributed by atoms with E-state index in [9.17, 15) is 19.5 Å². The lowest BCUT2D eigenvalue weighted by molar-refractivity contribution is -0.889. The van der Waals surface area contributed by atoms with E-state index in [1.165, 1.54) is 89.9 Å². The number of quaternary nitrogens is 1. The predicted molar refractivity (Wildman–Crippen MR) is 272 cm³/mol. The van der Waals surface area contributed by atoms with Gasteiger partial charge in [-0.15, -0.1) is 0 Å². The van der Waals surface area contributed by atoms with Crippen LogP contribution in [-0.4, -0.2) is 75.5 Å². The topological polar surface area (TPSA) is 102 Å². The Labute approximate surface area is 399 Å². The molecule has 0 aromatic carbocycles. The minimum absolute atomic E-state index is 0.0295. The van der Waals surface area contributed by atoms with Gasteiger partial charge in [0, 0.05) is 19.3 Å². The van der Waals surface area contributed by atoms with Crippen molar-refractivity contribution in [1.29, 1.82) is 0 Å². The van der Waals surface area contributed by atoms with Crippen LogP contribution in [0.25, 0.3) is 0 Å². The van der Waals surface area contributed by atoms with Gasteiger partial charge in [-0.3, -0.25) is 9.59 Å². The Morgan fingerprint density at radius 3 is 1.37 bits per heavy atom. The lowest BCUT2D eigenvalue weighted by Crippen LogP contribution is -2.55. The molecule has 0 saturated carbocycles. The average Bonchev–Trinajstić information content (AvgIpc) is 3.27. The van der Waals surface area contributed by atoms with Crippen LogP contribution in [0, 0.1) is 0 Å². The van der Waals surface area contributed by atoms with Gasteiger partial charge in [-0.2, -0.15) is 0 Å². The minimum Gasteiger partial charge on any atom is -0.544 e. The van der Waals surface area contributed by atoms with Gasteiger partial charge in [-0.1, -0.05) is 189 Å². The zero-order valence-electron chi connectivity index (χ0n) is 42.4. The maximum atomic E-state index is 12.8. The standard InChI is InChI=1S/C57H97NO7/c1-6-8-10-12-14-16-18-20-22-24-26-27-28-30-32-34-36-38-40-42-44-46-48-56(60)65-53(51-63-50-49-54(57(61)62)58(3,4)5)52-64-55(59)47-45-43-41-39-37-35-33-31-29-25-23-21-19-17-15-13-11-9-7-2/h8,10,14-17,19-22,26-27,30,32,53-54H,6-7,9,11-13,18,23-25,28-29,31,33-52H2,1-5H3/b10-8+,16-14+,17-15+,21-19+,22-20+,27-26+,32-30+. The summed E-state index contributed by atoms with van der Waals surface area (Å²) in [4.78, 5) is 37.1. The molecule has 0 saturated heterocycles. The highest BCUT2D eigenvalue weighted by Crippen LogP contribution is 2.14. The van der Waals surface area contributed by atoms with Gasteiger partial charge in [-0.05, 0) is 83.5 Å². The fraction of sp³-hybridized carbons (Fsp3) is 0.702. The molecule has 0 aliphatic heterocycles. The number of likely N-dealkylation sites (N-methyl/N-ethyl adjacent to an activating group) is 1. The van der Waals surface area contributed by atoms with Crippen LogP contribution >= 0.6 is 0 Å². The van der Waals surface area contributed by atoms with Crippen molar-refractivity contribution in [2.75, 3.05) is 41.0 Å². The van der Waals surface area contributed by atoms with E-state index in [-0.39, 0.29) is 42.7 Å². The van der Waals surface area contributed by atoms with Gasteiger partial charge >= 0.3 is 11.9 Å². The molecule has 65 heavy (non-hydrogen) atoms. The van der Waals surface area contributed by atoms with Crippen molar-refractivity contribution >= 4 is 17.9 Å². The third-order valence-corrected chi connectivity index (χ3v) is 11.3. The molecule has 0 aromatic rings. The number of ether oxygens (including phenoxy) is 3. The van der Waals surface area contributed by atoms with Gasteiger partial charge in [0.15, 0.2) is 6.10 Å². The molecule has 0 fully saturated rings. The van der Waals surface area contributed by atoms with E-state index in [2.05, 4.69) is 98.9 Å². The van der Waals surface area contributed by atoms with E-state index in [0.29, 0.717) is 12.8 Å². The molecule has 372 valence electrons. The third-order valence-electron chi connectivity index (χ3n) is 11.3. The monoisotopic (exact) mass is 908 g/mol. The van der Waals surface area contributed by atoms with Gasteiger partial charge in [0.05, 0.1) is 40.3 Å². The van der Waals surface area contributed by atoms with Crippen molar-refractivity contribution in [2.24, 2.45) is 0 Å². The van der Waals surface area contributed by atoms with E-state index >= 15 is 0 Å². The fourth-order valence-electron chi connectivity index (χ4n) is 7.26. The van der Waals surface area contributed by atoms with Gasteiger partial charge < -0.3 is 28.6 Å². The summed E-state index contributed by atoms with van der Waals surface area (Å²) >= 11 is 0. The highest BCUT2D eigenvalue weighted by atomic mass is 16.6. The predicted octanol–water partition coefficient (Wildman–Crippen LogP) is 13.9. The first-order valence-electron chi connectivity index (χ1n) is 26.1. The second-order valence-electron chi connectivity index (χ2n) is 18.4. The first-order valence-corrected chi connectivity index (χ1v) is 26.1. The summed E-state index contributed by atoms with van der Waals surface area (Å²) in [5.41, 5.74) is 0. The molecule has 2 unspecified atom stereocenters. The van der Waals surface area contributed by atoms with Crippen LogP contribution < -0.4 is 5.11 Å². The van der Waals surface area contributed by atoms with Crippen LogP contribution in [0.5, 0.6) is 0 Å². The molecule has 0 bridgehead atoms. The van der Waals surface area contributed by atoms with Gasteiger partial charge in [-0.25, -0.2) is 0 Å². The summed E-state index contributed by atoms with van der Waals surface area (Å²) in [6.07, 6.45) is 61.8. The van der Waals surface area contributed by atoms with Crippen molar-refractivity contribution in [3.05, 3.63) is 85.1 Å². The molecule has 2 atom stereocenters. The van der Waals surface area contributed by atoms with Crippen molar-refractivity contribution < 1.29 is 38.2 Å². The van der Waals surface area contributed by atoms with Crippen LogP contribution in [0.3, 0.4) is 0 Å². The summed E-state index contributed by atoms with van der Waals surface area (Å²) in [5.74, 6) is -1.76. The van der Waals surface area contributed by atoms with Crippen LogP contribution in [0.1, 0.15) is 206 Å². The Morgan fingerprint density at radius 1 is 0.492 bits per heavy atom. The zero-order chi connectivity index (χ0) is 47.7. The Hall–Kier alpha value is -3.49. The van der Waals surface area contributed by atoms with Crippen LogP contribution in [-0.2, 0) is 28.6 Å². The quantitative estimate of drug-likeness (QED) is 0.0197. The largest absolute Gasteiger partial charge is 0.544 e. The number of carbonyl (C=O) groups is 3. The van der Waals surface area contributed by atoms with Gasteiger partial charge in [0.1, 0.15) is 12.6 Å². The van der Waals surface area contributed by atoms with Crippen LogP contribution in [0.2, 0.25) is 0 Å². The molecule has 0 N–H and O–H groups in total. The zero-order valence-corrected chi connectivity index (χ0v) is 42.4. The van der Waals surface area contributed by atoms with Crippen molar-refractivity contribution in [3.8, 4) is 0 Å². The highest BCUT2D eigenvalue weighted by molar-refractivity contribution is 5.70. The Kier molecular flexibility index (Phi) is 44.5. The molecule has 8 nitrogen and oxygen atoms in total. The minimum atomic E-state index is -1.13. The number of carboxylic acids is 1. The van der Waals surface area contributed by atoms with E-state index in [4.69, 9.17) is 14.2 Å². The Bertz CT molecular complexity index is 1330. The molecule has 0 aliphatic rings. The molecule has 0 radical (unpaired) electrons. The summed E-state index contributed by atoms with van der Waals surface area (Å²) < 4.78 is 17.2. The number of carboxylic acid groups (broad SMARTS) is 1. The summed E-state index contributed by atoms with van der Waals surface area (Å²) in [6.45, 7) is 4.51. The molecule has 0 rings (SSSR count). The number of allylic oxidation sites excluding steroid dienone is 14. The Morgan fingerprint density at radius 2 is 0.908 bits per heavy atom. The number of hydrogen-bond donors (Lipinski definition) is 0. The third kappa shape index (κ3) is 45.5. The first-order chi connectivity index (χ1) is 31.6. The first kappa shape index (κ1) is 61.5. The lowest BCUT2D eigenvalue weighted by atomic mass is 10.1. The summed E-state index contributed by atoms with van der Waals surface area (Å²) in [6, 6.07) is -0.734. The van der Waals surface area contributed by atoms with Crippen LogP contribution in [0.4, 0.5) is 0 Å². The molecule has 0 heterocycles. The van der Waals surface area contributed by atoms with Gasteiger partial charge in [0.2, 0.25) is 0 Å². The van der Waals surface area contributed by atoms with Crippen molar-refractivity contribution in [1.82, 2.24) is 0 Å². The van der Waals surface area contributed by atoms with Crippen LogP contribution in [0.15, 0.2) is 85.1 Å². The maximum Gasteiger partial charge on any atom is 0.306 e. The number of carbonyl (C=O) groups excluding carboxylic acids is 3. The summed E-state index contributed by atoms with van der Waals surface area (Å²) in [7, 11) is 5.40. The second-order valence-corrected chi connectivity index (χ2v) is 18.4. The SMILES string of the molecule is CC/C=C/C/C=C/C/C=C/C/C=C/C/C=C/CCCCCCCCC(=O)OC(COCCC(C(=O)[O-])[N+](C)(C)C)COC(=O)CCCCCCCCCCCC/C=C/C=C/CCCCC. The number of unbranched alkanes of at least 4 members (excludes halogenated alkanes) is 19. The Balaban J connectivity index is 4.29. The van der Waals surface area contributed by atoms with Crippen molar-refractivity contribution in [3.63, 3.8) is 0 Å². The number of esters is 2. The normalized spacial score (nSPS) is 13.6. The molecular weight excluding hydrogens is 811 g/mol. The lowest BCUT2D eigenvalue weighted by Gasteiger charge is -2.34. The van der Waals surface area contributed by atoms with E-state index in [0.717, 1.165) is 83.5 Å². The number of nitrogens with zero attached hydrogens (tertiary/aromatic N) is 1. The maximum absolute atomic E-state index is 12.8. The summed E-state index contributed by atoms with van der Waals surface area (Å²) in [5, 5.41) is 11.7. The highest BCUT2D eigenvalue weighted by Gasteiger charge is 2.25. The van der Waals surface area contributed by atoms with E-state index in [1.54, 1.807) is 21.1 Å². The van der Waals surface area contributed by atoms with E-state index < -0.39 is 18.1 Å². The van der Waals surface area contributed by atoms with E-state index in [1.807, 2.05) is 0 Å². The molecular formula is C57H97NO7. The molecule has 0 aliphatic carbocycles. The molecule has 0 spiro atoms. The molecule has 8 heteroatoms. The second kappa shape index (κ2) is 47.0. The van der Waals surface area contributed by atoms with Gasteiger partial charge in [0.25, 0.3) is 0 Å². The number of rotatable bonds is 46.